The van der Waals surface area contributed by atoms with Gasteiger partial charge in [-0.2, -0.15) is 0 Å². The van der Waals surface area contributed by atoms with Gasteiger partial charge in [-0.25, -0.2) is 4.39 Å². The van der Waals surface area contributed by atoms with Crippen molar-refractivity contribution in [2.75, 3.05) is 19.6 Å². The van der Waals surface area contributed by atoms with E-state index in [1.807, 2.05) is 4.90 Å². The lowest BCUT2D eigenvalue weighted by atomic mass is 10.00. The summed E-state index contributed by atoms with van der Waals surface area (Å²) in [7, 11) is 0. The van der Waals surface area contributed by atoms with Crippen molar-refractivity contribution >= 4 is 11.8 Å². The van der Waals surface area contributed by atoms with E-state index in [4.69, 9.17) is 0 Å². The van der Waals surface area contributed by atoms with Gasteiger partial charge in [0.25, 0.3) is 0 Å². The normalized spacial score (nSPS) is 26.1. The van der Waals surface area contributed by atoms with Crippen molar-refractivity contribution in [1.82, 2.24) is 10.2 Å². The van der Waals surface area contributed by atoms with Gasteiger partial charge in [-0.3, -0.25) is 9.59 Å². The third-order valence-corrected chi connectivity index (χ3v) is 5.06. The molecular formula is C19H25FN2O2. The zero-order valence-corrected chi connectivity index (χ0v) is 14.1. The Bertz CT molecular complexity index is 619. The van der Waals surface area contributed by atoms with Crippen molar-refractivity contribution in [3.8, 4) is 0 Å². The topological polar surface area (TPSA) is 49.4 Å². The average molecular weight is 332 g/mol. The molecule has 0 spiro atoms. The second-order valence-electron chi connectivity index (χ2n) is 7.11. The number of carbonyl (C=O) groups excluding carboxylic acids is 2. The highest BCUT2D eigenvalue weighted by molar-refractivity contribution is 5.92. The maximum atomic E-state index is 13.5. The first-order valence-electron chi connectivity index (χ1n) is 8.86. The fraction of sp³-hybridized carbons (Fsp3) is 0.579. The quantitative estimate of drug-likeness (QED) is 0.900. The summed E-state index contributed by atoms with van der Waals surface area (Å²) in [5.74, 6) is 0.0182. The highest BCUT2D eigenvalue weighted by Crippen LogP contribution is 2.40. The van der Waals surface area contributed by atoms with Crippen LogP contribution in [0.15, 0.2) is 24.3 Å². The van der Waals surface area contributed by atoms with Gasteiger partial charge in [0.05, 0.1) is 11.8 Å². The zero-order valence-electron chi connectivity index (χ0n) is 14.1. The summed E-state index contributed by atoms with van der Waals surface area (Å²) in [6, 6.07) is 6.59. The molecule has 0 aromatic heterocycles. The van der Waals surface area contributed by atoms with Gasteiger partial charge >= 0.3 is 0 Å². The predicted octanol–water partition coefficient (Wildman–Crippen LogP) is 2.38. The van der Waals surface area contributed by atoms with E-state index in [2.05, 4.69) is 12.2 Å². The number of amides is 2. The van der Waals surface area contributed by atoms with Crippen LogP contribution in [0.2, 0.25) is 0 Å². The molecule has 3 rings (SSSR count). The number of hydrogen-bond acceptors (Lipinski definition) is 2. The molecule has 0 radical (unpaired) electrons. The second-order valence-corrected chi connectivity index (χ2v) is 7.11. The minimum absolute atomic E-state index is 0.0743. The first-order valence-corrected chi connectivity index (χ1v) is 8.86. The van der Waals surface area contributed by atoms with Crippen LogP contribution >= 0.6 is 0 Å². The van der Waals surface area contributed by atoms with Crippen LogP contribution in [0, 0.1) is 23.6 Å². The zero-order chi connectivity index (χ0) is 17.1. The Labute approximate surface area is 142 Å². The van der Waals surface area contributed by atoms with Crippen molar-refractivity contribution in [3.05, 3.63) is 35.6 Å². The van der Waals surface area contributed by atoms with E-state index in [-0.39, 0.29) is 29.5 Å². The number of likely N-dealkylation sites (tertiary alicyclic amines) is 1. The average Bonchev–Trinajstić information content (AvgIpc) is 3.36. The Balaban J connectivity index is 1.42. The number of hydrogen-bond donors (Lipinski definition) is 1. The van der Waals surface area contributed by atoms with Crippen LogP contribution < -0.4 is 5.32 Å². The third-order valence-electron chi connectivity index (χ3n) is 5.06. The van der Waals surface area contributed by atoms with Crippen LogP contribution in [-0.4, -0.2) is 36.3 Å². The maximum absolute atomic E-state index is 13.5. The van der Waals surface area contributed by atoms with Gasteiger partial charge in [0.1, 0.15) is 5.82 Å². The van der Waals surface area contributed by atoms with Crippen LogP contribution in [0.25, 0.3) is 0 Å². The summed E-state index contributed by atoms with van der Waals surface area (Å²) in [5.41, 5.74) is 0.600. The maximum Gasteiger partial charge on any atom is 0.226 e. The highest BCUT2D eigenvalue weighted by atomic mass is 19.1. The Morgan fingerprint density at radius 1 is 1.29 bits per heavy atom. The molecule has 5 heteroatoms. The molecule has 1 aromatic rings. The van der Waals surface area contributed by atoms with Crippen LogP contribution in [0.4, 0.5) is 4.39 Å². The number of nitrogens with zero attached hydrogens (tertiary/aromatic N) is 1. The first kappa shape index (κ1) is 16.9. The minimum atomic E-state index is -0.245. The molecule has 1 saturated heterocycles. The number of piperidine rings is 1. The van der Waals surface area contributed by atoms with E-state index in [0.29, 0.717) is 30.9 Å². The second kappa shape index (κ2) is 7.32. The molecule has 1 saturated carbocycles. The standard InChI is InChI=1S/C19H25FN2O2/c1-13-5-4-10-22(12-13)19(24)16-11-15(16)18(23)21-9-8-14-6-2-3-7-17(14)20/h2-3,6-7,13,15-16H,4-5,8-12H2,1H3,(H,21,23). The Kier molecular flexibility index (Phi) is 5.17. The molecule has 3 unspecified atom stereocenters. The van der Waals surface area contributed by atoms with E-state index >= 15 is 0 Å². The van der Waals surface area contributed by atoms with Crippen molar-refractivity contribution in [2.45, 2.75) is 32.6 Å². The summed E-state index contributed by atoms with van der Waals surface area (Å²) in [6.07, 6.45) is 3.34. The van der Waals surface area contributed by atoms with Gasteiger partial charge in [-0.1, -0.05) is 25.1 Å². The molecule has 1 N–H and O–H groups in total. The summed E-state index contributed by atoms with van der Waals surface area (Å²) in [5, 5.41) is 2.84. The number of halogens is 1. The molecule has 3 atom stereocenters. The Morgan fingerprint density at radius 3 is 2.83 bits per heavy atom. The molecule has 2 fully saturated rings. The number of benzene rings is 1. The molecule has 2 aliphatic rings. The Hall–Kier alpha value is -1.91. The van der Waals surface area contributed by atoms with E-state index in [1.54, 1.807) is 18.2 Å². The number of carbonyl (C=O) groups is 2. The fourth-order valence-electron chi connectivity index (χ4n) is 3.53. The molecule has 1 aromatic carbocycles. The van der Waals surface area contributed by atoms with Gasteiger partial charge in [-0.05, 0) is 43.2 Å². The van der Waals surface area contributed by atoms with Crippen LogP contribution in [0.1, 0.15) is 31.7 Å². The highest BCUT2D eigenvalue weighted by Gasteiger charge is 2.49. The molecule has 130 valence electrons. The van der Waals surface area contributed by atoms with Crippen LogP contribution in [-0.2, 0) is 16.0 Å². The molecule has 24 heavy (non-hydrogen) atoms. The fourth-order valence-corrected chi connectivity index (χ4v) is 3.53. The van der Waals surface area contributed by atoms with Crippen LogP contribution in [0.5, 0.6) is 0 Å². The van der Waals surface area contributed by atoms with Gasteiger partial charge in [0, 0.05) is 19.6 Å². The molecule has 4 nitrogen and oxygen atoms in total. The SMILES string of the molecule is CC1CCCN(C(=O)C2CC2C(=O)NCCc2ccccc2F)C1. The van der Waals surface area contributed by atoms with Crippen molar-refractivity contribution in [1.29, 1.82) is 0 Å². The molecule has 1 aliphatic carbocycles. The summed E-state index contributed by atoms with van der Waals surface area (Å²) in [6.45, 7) is 4.20. The van der Waals surface area contributed by atoms with Gasteiger partial charge < -0.3 is 10.2 Å². The smallest absolute Gasteiger partial charge is 0.226 e. The lowest BCUT2D eigenvalue weighted by molar-refractivity contribution is -0.136. The summed E-state index contributed by atoms with van der Waals surface area (Å²) >= 11 is 0. The van der Waals surface area contributed by atoms with Gasteiger partial charge in [0.2, 0.25) is 11.8 Å². The van der Waals surface area contributed by atoms with Crippen molar-refractivity contribution in [3.63, 3.8) is 0 Å². The number of rotatable bonds is 5. The van der Waals surface area contributed by atoms with Crippen molar-refractivity contribution < 1.29 is 14.0 Å². The van der Waals surface area contributed by atoms with E-state index in [9.17, 15) is 14.0 Å². The third kappa shape index (κ3) is 3.94. The van der Waals surface area contributed by atoms with Crippen LogP contribution in [0.3, 0.4) is 0 Å². The molecule has 1 heterocycles. The molecule has 2 amide bonds. The van der Waals surface area contributed by atoms with E-state index < -0.39 is 0 Å². The van der Waals surface area contributed by atoms with Gasteiger partial charge in [0.15, 0.2) is 0 Å². The molecular weight excluding hydrogens is 307 g/mol. The predicted molar refractivity (Wildman–Crippen MR) is 89.7 cm³/mol. The van der Waals surface area contributed by atoms with E-state index in [0.717, 1.165) is 19.5 Å². The molecule has 1 aliphatic heterocycles. The lowest BCUT2D eigenvalue weighted by Gasteiger charge is -2.31. The number of nitrogens with one attached hydrogen (secondary N) is 1. The largest absolute Gasteiger partial charge is 0.356 e. The summed E-state index contributed by atoms with van der Waals surface area (Å²) < 4.78 is 13.5. The van der Waals surface area contributed by atoms with Gasteiger partial charge in [-0.15, -0.1) is 0 Å². The van der Waals surface area contributed by atoms with Crippen molar-refractivity contribution in [2.24, 2.45) is 17.8 Å². The summed E-state index contributed by atoms with van der Waals surface area (Å²) in [4.78, 5) is 26.5. The minimum Gasteiger partial charge on any atom is -0.356 e. The first-order chi connectivity index (χ1) is 11.6. The Morgan fingerprint density at radius 2 is 2.08 bits per heavy atom. The lowest BCUT2D eigenvalue weighted by Crippen LogP contribution is -2.41. The van der Waals surface area contributed by atoms with E-state index in [1.165, 1.54) is 12.5 Å². The molecule has 0 bridgehead atoms. The monoisotopic (exact) mass is 332 g/mol.